The van der Waals surface area contributed by atoms with Crippen molar-refractivity contribution >= 4 is 10.2 Å². The number of nitrogens with zero attached hydrogens (tertiary/aromatic N) is 1. The largest absolute Gasteiger partial charge is 0.328 e. The molecule has 0 spiro atoms. The maximum Gasteiger partial charge on any atom is 0.278 e. The first-order valence-electron chi connectivity index (χ1n) is 4.84. The molecule has 0 aromatic rings. The second kappa shape index (κ2) is 4.57. The second-order valence-electron chi connectivity index (χ2n) is 4.08. The molecule has 2 atom stereocenters. The number of hydrogen-bond acceptors (Lipinski definition) is 3. The summed E-state index contributed by atoms with van der Waals surface area (Å²) in [6.45, 7) is 0.508. The normalized spacial score (nSPS) is 28.6. The second-order valence-corrected chi connectivity index (χ2v) is 6.04. The lowest BCUT2D eigenvalue weighted by molar-refractivity contribution is 0.476. The van der Waals surface area contributed by atoms with Crippen LogP contribution >= 0.6 is 0 Å². The molecule has 2 unspecified atom stereocenters. The molecule has 0 amide bonds. The summed E-state index contributed by atoms with van der Waals surface area (Å²) in [7, 11) is -0.227. The van der Waals surface area contributed by atoms with E-state index in [1.807, 2.05) is 0 Å². The first-order valence-corrected chi connectivity index (χ1v) is 6.28. The predicted octanol–water partition coefficient (Wildman–Crippen LogP) is -0.490. The average Bonchev–Trinajstić information content (AvgIpc) is 2.48. The van der Waals surface area contributed by atoms with Crippen LogP contribution in [0.25, 0.3) is 0 Å². The van der Waals surface area contributed by atoms with Crippen molar-refractivity contribution < 1.29 is 8.42 Å². The Hall–Kier alpha value is -0.170. The maximum atomic E-state index is 11.4. The van der Waals surface area contributed by atoms with E-state index in [9.17, 15) is 8.42 Å². The lowest BCUT2D eigenvalue weighted by Gasteiger charge is -2.15. The number of rotatable bonds is 4. The molecule has 6 heteroatoms. The Morgan fingerprint density at radius 1 is 1.43 bits per heavy atom. The van der Waals surface area contributed by atoms with Crippen molar-refractivity contribution in [3.05, 3.63) is 0 Å². The minimum atomic E-state index is -3.26. The van der Waals surface area contributed by atoms with Gasteiger partial charge in [0.1, 0.15) is 0 Å². The van der Waals surface area contributed by atoms with Crippen LogP contribution in [0, 0.1) is 5.92 Å². The van der Waals surface area contributed by atoms with Crippen molar-refractivity contribution in [2.75, 3.05) is 20.6 Å². The van der Waals surface area contributed by atoms with E-state index < -0.39 is 10.2 Å². The molecule has 0 aromatic heterocycles. The van der Waals surface area contributed by atoms with Crippen LogP contribution in [0.15, 0.2) is 0 Å². The monoisotopic (exact) mass is 221 g/mol. The van der Waals surface area contributed by atoms with Crippen molar-refractivity contribution in [3.8, 4) is 0 Å². The molecule has 0 heterocycles. The summed E-state index contributed by atoms with van der Waals surface area (Å²) in [5.74, 6) is 0.403. The fourth-order valence-corrected chi connectivity index (χ4v) is 2.36. The van der Waals surface area contributed by atoms with Gasteiger partial charge in [0.25, 0.3) is 10.2 Å². The van der Waals surface area contributed by atoms with Crippen LogP contribution in [-0.2, 0) is 10.2 Å². The van der Waals surface area contributed by atoms with Gasteiger partial charge < -0.3 is 5.73 Å². The quantitative estimate of drug-likeness (QED) is 0.672. The van der Waals surface area contributed by atoms with Gasteiger partial charge in [0.05, 0.1) is 0 Å². The molecule has 1 fully saturated rings. The summed E-state index contributed by atoms with van der Waals surface area (Å²) in [4.78, 5) is 0. The van der Waals surface area contributed by atoms with Crippen LogP contribution in [-0.4, -0.2) is 39.4 Å². The molecule has 5 nitrogen and oxygen atoms in total. The molecule has 0 bridgehead atoms. The zero-order valence-electron chi connectivity index (χ0n) is 8.73. The third-order valence-electron chi connectivity index (χ3n) is 2.62. The molecule has 0 radical (unpaired) electrons. The topological polar surface area (TPSA) is 75.4 Å². The SMILES string of the molecule is CN(C)S(=O)(=O)NCC1CCC(N)C1. The molecule has 0 aliphatic heterocycles. The van der Waals surface area contributed by atoms with E-state index >= 15 is 0 Å². The highest BCUT2D eigenvalue weighted by Crippen LogP contribution is 2.23. The van der Waals surface area contributed by atoms with E-state index in [0.717, 1.165) is 19.3 Å². The van der Waals surface area contributed by atoms with Gasteiger partial charge in [-0.15, -0.1) is 0 Å². The fourth-order valence-electron chi connectivity index (χ4n) is 1.65. The Labute approximate surface area is 85.8 Å². The van der Waals surface area contributed by atoms with Gasteiger partial charge in [0.2, 0.25) is 0 Å². The first kappa shape index (κ1) is 11.9. The van der Waals surface area contributed by atoms with Gasteiger partial charge in [-0.2, -0.15) is 12.7 Å². The number of hydrogen-bond donors (Lipinski definition) is 2. The Kier molecular flexibility index (Phi) is 3.88. The zero-order valence-corrected chi connectivity index (χ0v) is 9.55. The first-order chi connectivity index (χ1) is 6.42. The third-order valence-corrected chi connectivity index (χ3v) is 4.11. The van der Waals surface area contributed by atoms with Gasteiger partial charge in [0.15, 0.2) is 0 Å². The van der Waals surface area contributed by atoms with Crippen molar-refractivity contribution in [1.82, 2.24) is 9.03 Å². The Balaban J connectivity index is 2.34. The van der Waals surface area contributed by atoms with Crippen LogP contribution in [0.4, 0.5) is 0 Å². The highest BCUT2D eigenvalue weighted by molar-refractivity contribution is 7.87. The van der Waals surface area contributed by atoms with E-state index in [1.54, 1.807) is 0 Å². The molecule has 1 rings (SSSR count). The standard InChI is InChI=1S/C8H19N3O2S/c1-11(2)14(12,13)10-6-7-3-4-8(9)5-7/h7-8,10H,3-6,9H2,1-2H3. The van der Waals surface area contributed by atoms with E-state index in [1.165, 1.54) is 18.4 Å². The summed E-state index contributed by atoms with van der Waals surface area (Å²) in [6.07, 6.45) is 2.96. The van der Waals surface area contributed by atoms with Crippen LogP contribution in [0.5, 0.6) is 0 Å². The van der Waals surface area contributed by atoms with Crippen LogP contribution in [0.1, 0.15) is 19.3 Å². The van der Waals surface area contributed by atoms with Crippen molar-refractivity contribution in [2.24, 2.45) is 11.7 Å². The van der Waals surface area contributed by atoms with E-state index in [0.29, 0.717) is 12.5 Å². The van der Waals surface area contributed by atoms with Gasteiger partial charge in [0, 0.05) is 26.7 Å². The Bertz CT molecular complexity index is 276. The van der Waals surface area contributed by atoms with Gasteiger partial charge in [-0.25, -0.2) is 4.72 Å². The summed E-state index contributed by atoms with van der Waals surface area (Å²) in [5.41, 5.74) is 5.74. The minimum Gasteiger partial charge on any atom is -0.328 e. The van der Waals surface area contributed by atoms with Crippen LogP contribution in [0.3, 0.4) is 0 Å². The molecule has 1 aliphatic rings. The van der Waals surface area contributed by atoms with Crippen LogP contribution in [0.2, 0.25) is 0 Å². The van der Waals surface area contributed by atoms with Crippen LogP contribution < -0.4 is 10.5 Å². The average molecular weight is 221 g/mol. The Morgan fingerprint density at radius 3 is 2.50 bits per heavy atom. The molecule has 14 heavy (non-hydrogen) atoms. The van der Waals surface area contributed by atoms with E-state index in [-0.39, 0.29) is 6.04 Å². The van der Waals surface area contributed by atoms with Crippen molar-refractivity contribution in [3.63, 3.8) is 0 Å². The highest BCUT2D eigenvalue weighted by atomic mass is 32.2. The van der Waals surface area contributed by atoms with Gasteiger partial charge >= 0.3 is 0 Å². The summed E-state index contributed by atoms with van der Waals surface area (Å²) < 4.78 is 26.5. The highest BCUT2D eigenvalue weighted by Gasteiger charge is 2.23. The molecule has 0 aromatic carbocycles. The van der Waals surface area contributed by atoms with E-state index in [2.05, 4.69) is 4.72 Å². The summed E-state index contributed by atoms with van der Waals surface area (Å²) in [6, 6.07) is 0.254. The lowest BCUT2D eigenvalue weighted by Crippen LogP contribution is -2.38. The van der Waals surface area contributed by atoms with Gasteiger partial charge in [-0.05, 0) is 25.2 Å². The van der Waals surface area contributed by atoms with Crippen molar-refractivity contribution in [1.29, 1.82) is 0 Å². The molecule has 1 aliphatic carbocycles. The molecular weight excluding hydrogens is 202 g/mol. The molecule has 0 saturated heterocycles. The van der Waals surface area contributed by atoms with Crippen molar-refractivity contribution in [2.45, 2.75) is 25.3 Å². The minimum absolute atomic E-state index is 0.254. The summed E-state index contributed by atoms with van der Waals surface area (Å²) >= 11 is 0. The van der Waals surface area contributed by atoms with E-state index in [4.69, 9.17) is 5.73 Å². The maximum absolute atomic E-state index is 11.4. The third kappa shape index (κ3) is 3.20. The number of nitrogens with two attached hydrogens (primary N) is 1. The fraction of sp³-hybridized carbons (Fsp3) is 1.00. The Morgan fingerprint density at radius 2 is 2.07 bits per heavy atom. The van der Waals surface area contributed by atoms with Gasteiger partial charge in [-0.3, -0.25) is 0 Å². The molecule has 3 N–H and O–H groups in total. The number of nitrogens with one attached hydrogen (secondary N) is 1. The smallest absolute Gasteiger partial charge is 0.278 e. The van der Waals surface area contributed by atoms with Gasteiger partial charge in [-0.1, -0.05) is 0 Å². The molecule has 84 valence electrons. The molecular formula is C8H19N3O2S. The predicted molar refractivity (Wildman–Crippen MR) is 55.9 cm³/mol. The summed E-state index contributed by atoms with van der Waals surface area (Å²) in [5, 5.41) is 0. The molecule has 1 saturated carbocycles. The zero-order chi connectivity index (χ0) is 10.8. The lowest BCUT2D eigenvalue weighted by atomic mass is 10.1.